The molecule has 0 aromatic carbocycles. The van der Waals surface area contributed by atoms with Gasteiger partial charge in [-0.25, -0.2) is 9.59 Å². The van der Waals surface area contributed by atoms with Crippen molar-refractivity contribution in [1.82, 2.24) is 5.32 Å². The minimum atomic E-state index is -0.531. The van der Waals surface area contributed by atoms with E-state index in [4.69, 9.17) is 9.47 Å². The topological polar surface area (TPSA) is 64.6 Å². The van der Waals surface area contributed by atoms with Crippen LogP contribution in [0.15, 0.2) is 25.3 Å². The average molecular weight is 255 g/mol. The number of carbonyl (C=O) groups is 2. The van der Waals surface area contributed by atoms with E-state index >= 15 is 0 Å². The molecule has 0 aliphatic rings. The van der Waals surface area contributed by atoms with Gasteiger partial charge < -0.3 is 14.8 Å². The smallest absolute Gasteiger partial charge is 0.407 e. The molecule has 102 valence electrons. The van der Waals surface area contributed by atoms with Crippen LogP contribution in [-0.4, -0.2) is 30.3 Å². The largest absolute Gasteiger partial charge is 0.455 e. The lowest BCUT2D eigenvalue weighted by atomic mass is 10.2. The second-order valence-electron chi connectivity index (χ2n) is 4.63. The summed E-state index contributed by atoms with van der Waals surface area (Å²) in [6.45, 7) is 12.5. The monoisotopic (exact) mass is 255 g/mol. The van der Waals surface area contributed by atoms with Crippen molar-refractivity contribution in [3.63, 3.8) is 0 Å². The molecule has 0 fully saturated rings. The summed E-state index contributed by atoms with van der Waals surface area (Å²) in [5, 5.41) is 2.57. The first-order valence-electron chi connectivity index (χ1n) is 5.71. The summed E-state index contributed by atoms with van der Waals surface area (Å²) < 4.78 is 10.0. The fourth-order valence-corrected chi connectivity index (χ4v) is 1.05. The van der Waals surface area contributed by atoms with Crippen molar-refractivity contribution >= 4 is 12.1 Å². The summed E-state index contributed by atoms with van der Waals surface area (Å²) in [5.74, 6) is -0.517. The van der Waals surface area contributed by atoms with Gasteiger partial charge in [-0.2, -0.15) is 0 Å². The van der Waals surface area contributed by atoms with Gasteiger partial charge in [-0.1, -0.05) is 19.2 Å². The van der Waals surface area contributed by atoms with E-state index in [1.807, 2.05) is 0 Å². The molecule has 5 nitrogen and oxygen atoms in total. The van der Waals surface area contributed by atoms with Crippen molar-refractivity contribution in [1.29, 1.82) is 0 Å². The highest BCUT2D eigenvalue weighted by Crippen LogP contribution is 2.06. The lowest BCUT2D eigenvalue weighted by Gasteiger charge is -2.20. The Morgan fingerprint density at radius 3 is 2.39 bits per heavy atom. The minimum absolute atomic E-state index is 0.329. The molecule has 0 aliphatic heterocycles. The molecule has 0 bridgehead atoms. The Balaban J connectivity index is 3.94. The Labute approximate surface area is 108 Å². The van der Waals surface area contributed by atoms with E-state index in [0.717, 1.165) is 6.08 Å². The van der Waals surface area contributed by atoms with Crippen molar-refractivity contribution in [2.24, 2.45) is 0 Å². The molecule has 0 saturated heterocycles. The molecule has 5 heteroatoms. The summed E-state index contributed by atoms with van der Waals surface area (Å²) in [6.07, 6.45) is 2.06. The second-order valence-corrected chi connectivity index (χ2v) is 4.63. The molecule has 1 N–H and O–H groups in total. The zero-order chi connectivity index (χ0) is 14.2. The maximum absolute atomic E-state index is 11.3. The Hall–Kier alpha value is -1.78. The van der Waals surface area contributed by atoms with Gasteiger partial charge in [0.15, 0.2) is 0 Å². The van der Waals surface area contributed by atoms with Crippen molar-refractivity contribution in [3.05, 3.63) is 25.3 Å². The van der Waals surface area contributed by atoms with Crippen LogP contribution < -0.4 is 5.32 Å². The second kappa shape index (κ2) is 7.53. The molecule has 0 aliphatic carbocycles. The molecule has 0 heterocycles. The van der Waals surface area contributed by atoms with E-state index in [1.54, 1.807) is 20.8 Å². The van der Waals surface area contributed by atoms with E-state index in [2.05, 4.69) is 18.5 Å². The van der Waals surface area contributed by atoms with Gasteiger partial charge in [0.1, 0.15) is 11.7 Å². The zero-order valence-corrected chi connectivity index (χ0v) is 11.2. The maximum Gasteiger partial charge on any atom is 0.407 e. The normalized spacial score (nSPS) is 12.2. The third kappa shape index (κ3) is 8.38. The van der Waals surface area contributed by atoms with Crippen LogP contribution in [0.3, 0.4) is 0 Å². The van der Waals surface area contributed by atoms with Gasteiger partial charge in [-0.05, 0) is 20.8 Å². The van der Waals surface area contributed by atoms with Gasteiger partial charge in [0, 0.05) is 19.0 Å². The summed E-state index contributed by atoms with van der Waals surface area (Å²) in [6, 6.07) is 0. The van der Waals surface area contributed by atoms with Crippen LogP contribution in [0.5, 0.6) is 0 Å². The Morgan fingerprint density at radius 1 is 1.33 bits per heavy atom. The molecule has 0 aromatic rings. The molecule has 0 unspecified atom stereocenters. The standard InChI is InChI=1S/C13H21NO4/c1-6-10(17-11(15)7-2)8-9-14-12(16)18-13(3,4)5/h6-7,10H,1-2,8-9H2,3-5H3,(H,14,16)/t10-/m1/s1. The summed E-state index contributed by atoms with van der Waals surface area (Å²) in [7, 11) is 0. The van der Waals surface area contributed by atoms with E-state index in [-0.39, 0.29) is 0 Å². The lowest BCUT2D eigenvalue weighted by molar-refractivity contribution is -0.141. The molecule has 0 aromatic heterocycles. The number of rotatable bonds is 6. The van der Waals surface area contributed by atoms with Gasteiger partial charge in [-0.15, -0.1) is 0 Å². The third-order valence-corrected chi connectivity index (χ3v) is 1.79. The van der Waals surface area contributed by atoms with E-state index in [0.29, 0.717) is 13.0 Å². The zero-order valence-electron chi connectivity index (χ0n) is 11.2. The van der Waals surface area contributed by atoms with Crippen molar-refractivity contribution in [2.45, 2.75) is 38.9 Å². The van der Waals surface area contributed by atoms with E-state index in [1.165, 1.54) is 6.08 Å². The Bertz CT molecular complexity index is 317. The van der Waals surface area contributed by atoms with E-state index in [9.17, 15) is 9.59 Å². The van der Waals surface area contributed by atoms with Gasteiger partial charge in [0.05, 0.1) is 0 Å². The molecule has 0 rings (SSSR count). The molecular weight excluding hydrogens is 234 g/mol. The number of hydrogen-bond acceptors (Lipinski definition) is 4. The number of amides is 1. The number of esters is 1. The van der Waals surface area contributed by atoms with Crippen LogP contribution in [-0.2, 0) is 14.3 Å². The minimum Gasteiger partial charge on any atom is -0.455 e. The van der Waals surface area contributed by atoms with Crippen molar-refractivity contribution in [2.75, 3.05) is 6.54 Å². The first-order valence-corrected chi connectivity index (χ1v) is 5.71. The molecule has 1 amide bonds. The van der Waals surface area contributed by atoms with Crippen LogP contribution in [0, 0.1) is 0 Å². The van der Waals surface area contributed by atoms with Gasteiger partial charge in [-0.3, -0.25) is 0 Å². The highest BCUT2D eigenvalue weighted by molar-refractivity contribution is 5.81. The van der Waals surface area contributed by atoms with Crippen LogP contribution in [0.25, 0.3) is 0 Å². The summed E-state index contributed by atoms with van der Waals surface area (Å²) in [4.78, 5) is 22.3. The quantitative estimate of drug-likeness (QED) is 0.449. The number of nitrogens with one attached hydrogen (secondary N) is 1. The highest BCUT2D eigenvalue weighted by Gasteiger charge is 2.16. The predicted molar refractivity (Wildman–Crippen MR) is 69.1 cm³/mol. The van der Waals surface area contributed by atoms with Crippen molar-refractivity contribution < 1.29 is 19.1 Å². The Kier molecular flexibility index (Phi) is 6.78. The fourth-order valence-electron chi connectivity index (χ4n) is 1.05. The van der Waals surface area contributed by atoms with Gasteiger partial charge in [0.2, 0.25) is 0 Å². The molecular formula is C13H21NO4. The fraction of sp³-hybridized carbons (Fsp3) is 0.538. The highest BCUT2D eigenvalue weighted by atomic mass is 16.6. The SMILES string of the molecule is C=CC(=O)O[C@H](C=C)CCNC(=O)OC(C)(C)C. The Morgan fingerprint density at radius 2 is 1.94 bits per heavy atom. The molecule has 0 radical (unpaired) electrons. The summed E-state index contributed by atoms with van der Waals surface area (Å²) >= 11 is 0. The number of ether oxygens (including phenoxy) is 2. The molecule has 0 saturated carbocycles. The van der Waals surface area contributed by atoms with Crippen LogP contribution >= 0.6 is 0 Å². The van der Waals surface area contributed by atoms with Crippen LogP contribution in [0.1, 0.15) is 27.2 Å². The first kappa shape index (κ1) is 16.2. The average Bonchev–Trinajstić information content (AvgIpc) is 2.24. The van der Waals surface area contributed by atoms with Crippen molar-refractivity contribution in [3.8, 4) is 0 Å². The molecule has 0 spiro atoms. The van der Waals surface area contributed by atoms with Crippen LogP contribution in [0.4, 0.5) is 4.79 Å². The lowest BCUT2D eigenvalue weighted by Crippen LogP contribution is -2.34. The van der Waals surface area contributed by atoms with E-state index < -0.39 is 23.8 Å². The maximum atomic E-state index is 11.3. The third-order valence-electron chi connectivity index (χ3n) is 1.79. The predicted octanol–water partition coefficient (Wildman–Crippen LogP) is 2.19. The first-order chi connectivity index (χ1) is 8.28. The molecule has 1 atom stereocenters. The summed E-state index contributed by atoms with van der Waals surface area (Å²) in [5.41, 5.74) is -0.531. The number of hydrogen-bond donors (Lipinski definition) is 1. The number of carbonyl (C=O) groups excluding carboxylic acids is 2. The number of alkyl carbamates (subject to hydrolysis) is 1. The van der Waals surface area contributed by atoms with Gasteiger partial charge >= 0.3 is 12.1 Å². The van der Waals surface area contributed by atoms with Gasteiger partial charge in [0.25, 0.3) is 0 Å². The molecule has 18 heavy (non-hydrogen) atoms. The van der Waals surface area contributed by atoms with Crippen LogP contribution in [0.2, 0.25) is 0 Å².